The number of amides is 2. The highest BCUT2D eigenvalue weighted by Crippen LogP contribution is 2.19. The molecule has 1 aliphatic rings. The third kappa shape index (κ3) is 3.12. The van der Waals surface area contributed by atoms with Crippen LogP contribution in [0.5, 0.6) is 0 Å². The Bertz CT molecular complexity index is 470. The Morgan fingerprint density at radius 2 is 2.00 bits per heavy atom. The Labute approximate surface area is 113 Å². The number of rotatable bonds is 4. The molecule has 102 valence electrons. The first-order valence-electron chi connectivity index (χ1n) is 6.51. The molecular weight excluding hydrogens is 242 g/mol. The van der Waals surface area contributed by atoms with Gasteiger partial charge in [-0.25, -0.2) is 0 Å². The SMILES string of the molecule is CCNCc1ccc(N2CC(=O)NC(=O)C2C)cc1. The van der Waals surface area contributed by atoms with Crippen molar-refractivity contribution in [2.24, 2.45) is 0 Å². The van der Waals surface area contributed by atoms with Crippen LogP contribution in [-0.2, 0) is 16.1 Å². The van der Waals surface area contributed by atoms with Crippen LogP contribution in [-0.4, -0.2) is 30.9 Å². The largest absolute Gasteiger partial charge is 0.350 e. The van der Waals surface area contributed by atoms with E-state index in [1.165, 1.54) is 5.56 Å². The van der Waals surface area contributed by atoms with Gasteiger partial charge in [-0.1, -0.05) is 19.1 Å². The van der Waals surface area contributed by atoms with E-state index >= 15 is 0 Å². The first kappa shape index (κ1) is 13.5. The van der Waals surface area contributed by atoms with E-state index in [9.17, 15) is 9.59 Å². The van der Waals surface area contributed by atoms with Crippen molar-refractivity contribution < 1.29 is 9.59 Å². The van der Waals surface area contributed by atoms with Gasteiger partial charge in [0.25, 0.3) is 0 Å². The predicted molar refractivity (Wildman–Crippen MR) is 73.8 cm³/mol. The predicted octanol–water partition coefficient (Wildman–Crippen LogP) is 0.647. The summed E-state index contributed by atoms with van der Waals surface area (Å²) in [4.78, 5) is 24.9. The highest BCUT2D eigenvalue weighted by molar-refractivity contribution is 6.04. The molecule has 2 N–H and O–H groups in total. The number of nitrogens with one attached hydrogen (secondary N) is 2. The molecule has 1 aliphatic heterocycles. The summed E-state index contributed by atoms with van der Waals surface area (Å²) in [6.07, 6.45) is 0. The van der Waals surface area contributed by atoms with E-state index in [0.717, 1.165) is 18.8 Å². The molecule has 19 heavy (non-hydrogen) atoms. The molecule has 2 amide bonds. The lowest BCUT2D eigenvalue weighted by Crippen LogP contribution is -2.57. The van der Waals surface area contributed by atoms with E-state index in [-0.39, 0.29) is 24.4 Å². The van der Waals surface area contributed by atoms with E-state index in [2.05, 4.69) is 17.6 Å². The minimum atomic E-state index is -0.322. The molecule has 0 radical (unpaired) electrons. The molecule has 1 unspecified atom stereocenters. The molecule has 5 nitrogen and oxygen atoms in total. The van der Waals surface area contributed by atoms with Gasteiger partial charge < -0.3 is 10.2 Å². The number of carbonyl (C=O) groups is 2. The van der Waals surface area contributed by atoms with Crippen molar-refractivity contribution in [3.63, 3.8) is 0 Å². The third-order valence-electron chi connectivity index (χ3n) is 3.27. The van der Waals surface area contributed by atoms with Gasteiger partial charge in [-0.15, -0.1) is 0 Å². The molecule has 1 heterocycles. The molecule has 0 spiro atoms. The normalized spacial score (nSPS) is 19.5. The van der Waals surface area contributed by atoms with Crippen LogP contribution < -0.4 is 15.5 Å². The van der Waals surface area contributed by atoms with Gasteiger partial charge in [-0.3, -0.25) is 14.9 Å². The summed E-state index contributed by atoms with van der Waals surface area (Å²) in [5.41, 5.74) is 2.09. The van der Waals surface area contributed by atoms with Crippen LogP contribution in [0.1, 0.15) is 19.4 Å². The van der Waals surface area contributed by atoms with E-state index in [0.29, 0.717) is 0 Å². The molecule has 1 fully saturated rings. The molecule has 5 heteroatoms. The number of hydrogen-bond donors (Lipinski definition) is 2. The van der Waals surface area contributed by atoms with Gasteiger partial charge in [0.05, 0.1) is 6.54 Å². The topological polar surface area (TPSA) is 61.4 Å². The summed E-state index contributed by atoms with van der Waals surface area (Å²) in [5, 5.41) is 5.59. The van der Waals surface area contributed by atoms with Gasteiger partial charge in [-0.05, 0) is 31.2 Å². The Hall–Kier alpha value is -1.88. The van der Waals surface area contributed by atoms with Crippen LogP contribution in [0, 0.1) is 0 Å². The number of piperazine rings is 1. The molecule has 1 saturated heterocycles. The number of anilines is 1. The fourth-order valence-electron chi connectivity index (χ4n) is 2.10. The molecular formula is C14H19N3O2. The Morgan fingerprint density at radius 1 is 1.32 bits per heavy atom. The average molecular weight is 261 g/mol. The highest BCUT2D eigenvalue weighted by Gasteiger charge is 2.30. The lowest BCUT2D eigenvalue weighted by atomic mass is 10.1. The molecule has 2 rings (SSSR count). The van der Waals surface area contributed by atoms with Gasteiger partial charge in [0.15, 0.2) is 0 Å². The van der Waals surface area contributed by atoms with E-state index in [4.69, 9.17) is 0 Å². The van der Waals surface area contributed by atoms with Gasteiger partial charge in [-0.2, -0.15) is 0 Å². The van der Waals surface area contributed by atoms with Crippen molar-refractivity contribution >= 4 is 17.5 Å². The summed E-state index contributed by atoms with van der Waals surface area (Å²) >= 11 is 0. The summed E-state index contributed by atoms with van der Waals surface area (Å²) in [6, 6.07) is 7.62. The fraction of sp³-hybridized carbons (Fsp3) is 0.429. The van der Waals surface area contributed by atoms with E-state index in [1.807, 2.05) is 29.2 Å². The van der Waals surface area contributed by atoms with Crippen LogP contribution in [0.2, 0.25) is 0 Å². The second kappa shape index (κ2) is 5.84. The van der Waals surface area contributed by atoms with Gasteiger partial charge in [0, 0.05) is 12.2 Å². The zero-order valence-electron chi connectivity index (χ0n) is 11.3. The van der Waals surface area contributed by atoms with Gasteiger partial charge in [0.1, 0.15) is 6.04 Å². The summed E-state index contributed by atoms with van der Waals surface area (Å²) < 4.78 is 0. The van der Waals surface area contributed by atoms with Gasteiger partial charge in [0.2, 0.25) is 11.8 Å². The number of nitrogens with zero attached hydrogens (tertiary/aromatic N) is 1. The molecule has 0 aromatic heterocycles. The second-order valence-corrected chi connectivity index (χ2v) is 4.66. The Kier molecular flexibility index (Phi) is 4.16. The van der Waals surface area contributed by atoms with Crippen molar-refractivity contribution in [3.05, 3.63) is 29.8 Å². The highest BCUT2D eigenvalue weighted by atomic mass is 16.2. The van der Waals surface area contributed by atoms with Crippen LogP contribution in [0.15, 0.2) is 24.3 Å². The molecule has 0 aliphatic carbocycles. The van der Waals surface area contributed by atoms with Crippen molar-refractivity contribution in [2.45, 2.75) is 26.4 Å². The molecule has 1 aromatic rings. The van der Waals surface area contributed by atoms with Crippen molar-refractivity contribution in [2.75, 3.05) is 18.0 Å². The first-order valence-corrected chi connectivity index (χ1v) is 6.51. The molecule has 0 saturated carbocycles. The maximum atomic E-state index is 11.6. The molecule has 1 atom stereocenters. The smallest absolute Gasteiger partial charge is 0.249 e. The third-order valence-corrected chi connectivity index (χ3v) is 3.27. The lowest BCUT2D eigenvalue weighted by Gasteiger charge is -2.33. The maximum absolute atomic E-state index is 11.6. The Morgan fingerprint density at radius 3 is 2.63 bits per heavy atom. The fourth-order valence-corrected chi connectivity index (χ4v) is 2.10. The zero-order valence-corrected chi connectivity index (χ0v) is 11.3. The minimum Gasteiger partial charge on any atom is -0.350 e. The lowest BCUT2D eigenvalue weighted by molar-refractivity contribution is -0.132. The van der Waals surface area contributed by atoms with Crippen molar-refractivity contribution in [3.8, 4) is 0 Å². The number of imide groups is 1. The van der Waals surface area contributed by atoms with Crippen molar-refractivity contribution in [1.29, 1.82) is 0 Å². The van der Waals surface area contributed by atoms with Crippen LogP contribution in [0.4, 0.5) is 5.69 Å². The second-order valence-electron chi connectivity index (χ2n) is 4.66. The van der Waals surface area contributed by atoms with E-state index < -0.39 is 0 Å². The zero-order chi connectivity index (χ0) is 13.8. The number of carbonyl (C=O) groups excluding carboxylic acids is 2. The molecule has 1 aromatic carbocycles. The van der Waals surface area contributed by atoms with Gasteiger partial charge >= 0.3 is 0 Å². The molecule has 0 bridgehead atoms. The number of benzene rings is 1. The summed E-state index contributed by atoms with van der Waals surface area (Å²) in [7, 11) is 0. The standard InChI is InChI=1S/C14H19N3O2/c1-3-15-8-11-4-6-12(7-5-11)17-9-13(18)16-14(19)10(17)2/h4-7,10,15H,3,8-9H2,1-2H3,(H,16,18,19). The van der Waals surface area contributed by atoms with E-state index in [1.54, 1.807) is 6.92 Å². The summed E-state index contributed by atoms with van der Waals surface area (Å²) in [5.74, 6) is -0.493. The quantitative estimate of drug-likeness (QED) is 0.781. The average Bonchev–Trinajstić information content (AvgIpc) is 2.41. The van der Waals surface area contributed by atoms with Crippen LogP contribution in [0.25, 0.3) is 0 Å². The monoisotopic (exact) mass is 261 g/mol. The summed E-state index contributed by atoms with van der Waals surface area (Å²) in [6.45, 7) is 5.84. The van der Waals surface area contributed by atoms with Crippen LogP contribution in [0.3, 0.4) is 0 Å². The van der Waals surface area contributed by atoms with Crippen LogP contribution >= 0.6 is 0 Å². The first-order chi connectivity index (χ1) is 9.11. The Balaban J connectivity index is 2.12. The maximum Gasteiger partial charge on any atom is 0.249 e. The number of hydrogen-bond acceptors (Lipinski definition) is 4. The van der Waals surface area contributed by atoms with Crippen molar-refractivity contribution in [1.82, 2.24) is 10.6 Å². The minimum absolute atomic E-state index is 0.222.